The number of methoxy groups -OCH3 is 1. The van der Waals surface area contributed by atoms with Gasteiger partial charge in [0, 0.05) is 10.9 Å². The standard InChI is InChI=1S/C17H18ClNO2S/c1-12(13-6-4-3-5-7-13)22-11-17(20)19-14-8-9-16(21-2)15(18)10-14/h3-10,12H,11H2,1-2H3,(H,19,20)/t12-/m1/s1. The molecule has 0 aliphatic rings. The van der Waals surface area contributed by atoms with E-state index in [-0.39, 0.29) is 11.2 Å². The first kappa shape index (κ1) is 16.7. The summed E-state index contributed by atoms with van der Waals surface area (Å²) in [5.74, 6) is 0.931. The van der Waals surface area contributed by atoms with Gasteiger partial charge in [-0.3, -0.25) is 4.79 Å². The van der Waals surface area contributed by atoms with Gasteiger partial charge < -0.3 is 10.1 Å². The number of thioether (sulfide) groups is 1. The van der Waals surface area contributed by atoms with Gasteiger partial charge in [-0.2, -0.15) is 0 Å². The molecular weight excluding hydrogens is 318 g/mol. The van der Waals surface area contributed by atoms with E-state index in [2.05, 4.69) is 24.4 Å². The molecule has 116 valence electrons. The fourth-order valence-corrected chi connectivity index (χ4v) is 3.04. The fraction of sp³-hybridized carbons (Fsp3) is 0.235. The van der Waals surface area contributed by atoms with Crippen LogP contribution in [0.2, 0.25) is 5.02 Å². The monoisotopic (exact) mass is 335 g/mol. The third-order valence-electron chi connectivity index (χ3n) is 3.17. The largest absolute Gasteiger partial charge is 0.495 e. The van der Waals surface area contributed by atoms with Crippen LogP contribution in [0, 0.1) is 0 Å². The third kappa shape index (κ3) is 4.68. The summed E-state index contributed by atoms with van der Waals surface area (Å²) in [6, 6.07) is 15.3. The van der Waals surface area contributed by atoms with Crippen molar-refractivity contribution in [3.05, 3.63) is 59.1 Å². The Morgan fingerprint density at radius 1 is 1.27 bits per heavy atom. The molecule has 0 bridgehead atoms. The van der Waals surface area contributed by atoms with Gasteiger partial charge in [-0.05, 0) is 30.7 Å². The molecule has 0 unspecified atom stereocenters. The summed E-state index contributed by atoms with van der Waals surface area (Å²) >= 11 is 7.64. The average Bonchev–Trinajstić information content (AvgIpc) is 2.53. The maximum Gasteiger partial charge on any atom is 0.234 e. The van der Waals surface area contributed by atoms with Crippen LogP contribution < -0.4 is 10.1 Å². The van der Waals surface area contributed by atoms with Crippen LogP contribution in [-0.4, -0.2) is 18.8 Å². The number of ether oxygens (including phenoxy) is 1. The Labute approximate surface area is 140 Å². The van der Waals surface area contributed by atoms with Crippen molar-refractivity contribution in [3.8, 4) is 5.75 Å². The molecule has 0 aliphatic heterocycles. The van der Waals surface area contributed by atoms with Crippen LogP contribution in [0.1, 0.15) is 17.7 Å². The summed E-state index contributed by atoms with van der Waals surface area (Å²) in [4.78, 5) is 12.0. The van der Waals surface area contributed by atoms with Crippen LogP contribution in [0.3, 0.4) is 0 Å². The normalized spacial score (nSPS) is 11.8. The maximum absolute atomic E-state index is 12.0. The summed E-state index contributed by atoms with van der Waals surface area (Å²) < 4.78 is 5.08. The maximum atomic E-state index is 12.0. The van der Waals surface area contributed by atoms with Gasteiger partial charge in [-0.15, -0.1) is 11.8 Å². The van der Waals surface area contributed by atoms with Gasteiger partial charge in [-0.25, -0.2) is 0 Å². The second-order valence-corrected chi connectivity index (χ2v) is 6.50. The summed E-state index contributed by atoms with van der Waals surface area (Å²) in [5, 5.41) is 3.59. The Hall–Kier alpha value is -1.65. The minimum atomic E-state index is -0.0472. The molecular formula is C17H18ClNO2S. The molecule has 2 rings (SSSR count). The highest BCUT2D eigenvalue weighted by atomic mass is 35.5. The second-order valence-electron chi connectivity index (χ2n) is 4.76. The first-order valence-electron chi connectivity index (χ1n) is 6.90. The molecule has 1 atom stereocenters. The molecule has 22 heavy (non-hydrogen) atoms. The second kappa shape index (κ2) is 8.11. The Bertz CT molecular complexity index is 634. The third-order valence-corrected chi connectivity index (χ3v) is 4.67. The van der Waals surface area contributed by atoms with E-state index in [0.717, 1.165) is 0 Å². The highest BCUT2D eigenvalue weighted by Crippen LogP contribution is 2.29. The van der Waals surface area contributed by atoms with Crippen LogP contribution >= 0.6 is 23.4 Å². The predicted molar refractivity (Wildman–Crippen MR) is 93.9 cm³/mol. The first-order valence-corrected chi connectivity index (χ1v) is 8.32. The van der Waals surface area contributed by atoms with E-state index in [1.807, 2.05) is 18.2 Å². The zero-order valence-electron chi connectivity index (χ0n) is 12.5. The van der Waals surface area contributed by atoms with E-state index in [1.165, 1.54) is 5.56 Å². The fourth-order valence-electron chi connectivity index (χ4n) is 1.96. The van der Waals surface area contributed by atoms with Crippen molar-refractivity contribution in [2.24, 2.45) is 0 Å². The lowest BCUT2D eigenvalue weighted by atomic mass is 10.2. The highest BCUT2D eigenvalue weighted by molar-refractivity contribution is 8.00. The lowest BCUT2D eigenvalue weighted by Gasteiger charge is -2.12. The Morgan fingerprint density at radius 3 is 2.64 bits per heavy atom. The molecule has 1 N–H and O–H groups in total. The van der Waals surface area contributed by atoms with Gasteiger partial charge in [0.25, 0.3) is 0 Å². The van der Waals surface area contributed by atoms with E-state index in [1.54, 1.807) is 37.1 Å². The van der Waals surface area contributed by atoms with Crippen molar-refractivity contribution in [1.82, 2.24) is 0 Å². The van der Waals surface area contributed by atoms with Gasteiger partial charge in [0.1, 0.15) is 5.75 Å². The van der Waals surface area contributed by atoms with E-state index in [4.69, 9.17) is 16.3 Å². The van der Waals surface area contributed by atoms with Gasteiger partial charge in [-0.1, -0.05) is 41.9 Å². The predicted octanol–water partition coefficient (Wildman–Crippen LogP) is 4.78. The molecule has 1 amide bonds. The minimum Gasteiger partial charge on any atom is -0.495 e. The average molecular weight is 336 g/mol. The van der Waals surface area contributed by atoms with Crippen LogP contribution in [0.5, 0.6) is 5.75 Å². The molecule has 5 heteroatoms. The van der Waals surface area contributed by atoms with Crippen molar-refractivity contribution >= 4 is 35.0 Å². The Morgan fingerprint density at radius 2 is 2.00 bits per heavy atom. The van der Waals surface area contributed by atoms with E-state index in [9.17, 15) is 4.79 Å². The number of benzene rings is 2. The molecule has 2 aromatic carbocycles. The summed E-state index contributed by atoms with van der Waals surface area (Å²) in [7, 11) is 1.56. The molecule has 0 aromatic heterocycles. The quantitative estimate of drug-likeness (QED) is 0.825. The lowest BCUT2D eigenvalue weighted by molar-refractivity contribution is -0.113. The molecule has 0 spiro atoms. The SMILES string of the molecule is COc1ccc(NC(=O)CS[C@H](C)c2ccccc2)cc1Cl. The van der Waals surface area contributed by atoms with Gasteiger partial charge in [0.2, 0.25) is 5.91 Å². The summed E-state index contributed by atoms with van der Waals surface area (Å²) in [6.07, 6.45) is 0. The smallest absolute Gasteiger partial charge is 0.234 e. The van der Waals surface area contributed by atoms with E-state index >= 15 is 0 Å². The zero-order valence-corrected chi connectivity index (χ0v) is 14.1. The first-order chi connectivity index (χ1) is 10.6. The molecule has 0 saturated carbocycles. The number of hydrogen-bond donors (Lipinski definition) is 1. The van der Waals surface area contributed by atoms with Gasteiger partial charge in [0.05, 0.1) is 17.9 Å². The highest BCUT2D eigenvalue weighted by Gasteiger charge is 2.10. The molecule has 2 aromatic rings. The van der Waals surface area contributed by atoms with Crippen molar-refractivity contribution in [2.45, 2.75) is 12.2 Å². The number of amides is 1. The molecule has 0 saturated heterocycles. The van der Waals surface area contributed by atoms with Crippen LogP contribution in [0.25, 0.3) is 0 Å². The molecule has 3 nitrogen and oxygen atoms in total. The number of hydrogen-bond acceptors (Lipinski definition) is 3. The zero-order chi connectivity index (χ0) is 15.9. The topological polar surface area (TPSA) is 38.3 Å². The van der Waals surface area contributed by atoms with Crippen molar-refractivity contribution < 1.29 is 9.53 Å². The molecule has 0 radical (unpaired) electrons. The van der Waals surface area contributed by atoms with E-state index in [0.29, 0.717) is 22.2 Å². The number of anilines is 1. The van der Waals surface area contributed by atoms with E-state index < -0.39 is 0 Å². The number of carbonyl (C=O) groups excluding carboxylic acids is 1. The van der Waals surface area contributed by atoms with Crippen molar-refractivity contribution in [1.29, 1.82) is 0 Å². The summed E-state index contributed by atoms with van der Waals surface area (Å²) in [5.41, 5.74) is 1.89. The summed E-state index contributed by atoms with van der Waals surface area (Å²) in [6.45, 7) is 2.09. The number of nitrogens with one attached hydrogen (secondary N) is 1. The Balaban J connectivity index is 1.87. The van der Waals surface area contributed by atoms with Gasteiger partial charge >= 0.3 is 0 Å². The van der Waals surface area contributed by atoms with Crippen LogP contribution in [-0.2, 0) is 4.79 Å². The minimum absolute atomic E-state index is 0.0472. The van der Waals surface area contributed by atoms with Crippen molar-refractivity contribution in [2.75, 3.05) is 18.2 Å². The molecule has 0 heterocycles. The number of carbonyl (C=O) groups is 1. The molecule has 0 aliphatic carbocycles. The lowest BCUT2D eigenvalue weighted by Crippen LogP contribution is -2.14. The number of rotatable bonds is 6. The number of halogens is 1. The van der Waals surface area contributed by atoms with Crippen molar-refractivity contribution in [3.63, 3.8) is 0 Å². The Kier molecular flexibility index (Phi) is 6.16. The van der Waals surface area contributed by atoms with Crippen LogP contribution in [0.4, 0.5) is 5.69 Å². The van der Waals surface area contributed by atoms with Crippen LogP contribution in [0.15, 0.2) is 48.5 Å². The molecule has 0 fully saturated rings. The van der Waals surface area contributed by atoms with Gasteiger partial charge in [0.15, 0.2) is 0 Å².